The van der Waals surface area contributed by atoms with Crippen molar-refractivity contribution >= 4 is 126 Å². The number of nitrogens with two attached hydrogens (primary N) is 2. The molecule has 3 saturated heterocycles. The molecule has 3 aromatic carbocycles. The number of nitrogen functional groups attached to an aromatic ring is 2. The molecule has 9 aromatic heterocycles. The van der Waals surface area contributed by atoms with Crippen LogP contribution in [0.2, 0.25) is 20.1 Å². The number of aryl methyl sites for hydroxylation is 3. The standard InChI is InChI=1S/C31H26Cl2F3N7O2.C31H24ClF5N6O2.C31H26ClF4N7O2/c1-5-19(44)41-8-10-42(11-9-41)29-16-12-18(32)27(20-22(34)24(36)23(35)21(33)25(20)38)40-30(16)43(31(45)17(29)13-37)28-15(4)6-7-39-26(28)14(2)3;1-5-19(44)41-8-10-42(11-9-41)29-16-12-18(32)27(20-21(33)23(35)25(37)24(36)22(20)34)40-30(16)43(31(45)17(29)13-38)28-15(4)6-7-39-26(28)14(2)3;1-5-19(44)41-8-10-42(11-9-41)29-16-12-18(32)27(20-21(33)23(35)24(36)25(38)22(20)34)40-30(16)43(31(45)17(29)13-37)28-15(4)6-7-39-26(28)14(2)3/h5-7,12,14H,1,8-11,38H2,2-4H3;5-7,12,14H,1,8-11H2,2-4H3;5-7,12,14H,1,8-11,38H2,2-4H3. The highest BCUT2D eigenvalue weighted by Gasteiger charge is 2.39. The first-order chi connectivity index (χ1) is 64.0. The molecule has 3 amide bonds. The largest absolute Gasteiger partial charge is 0.397 e. The lowest BCUT2D eigenvalue weighted by molar-refractivity contribution is -0.127. The Kier molecular flexibility index (Phi) is 28.4. The summed E-state index contributed by atoms with van der Waals surface area (Å²) in [6.07, 6.45) is 8.21. The number of hydrogen-bond acceptors (Lipinski definition) is 20. The molecule has 3 fully saturated rings. The summed E-state index contributed by atoms with van der Waals surface area (Å²) in [5.74, 6) is -25.3. The predicted octanol–water partition coefficient (Wildman–Crippen LogP) is 17.2. The van der Waals surface area contributed by atoms with Gasteiger partial charge in [0.05, 0.1) is 106 Å². The average Bonchev–Trinajstić information content (AvgIpc) is 0.728. The second-order valence-corrected chi connectivity index (χ2v) is 33.7. The van der Waals surface area contributed by atoms with Crippen LogP contribution in [0.3, 0.4) is 0 Å². The summed E-state index contributed by atoms with van der Waals surface area (Å²) >= 11 is 25.6. The van der Waals surface area contributed by atoms with Gasteiger partial charge in [0.15, 0.2) is 64.0 Å². The highest BCUT2D eigenvalue weighted by Crippen LogP contribution is 2.47. The van der Waals surface area contributed by atoms with Gasteiger partial charge in [-0.05, 0) is 110 Å². The fraction of sp³-hybridized carbons (Fsp3) is 0.258. The monoisotopic (exact) mass is 1940 g/mol. The SMILES string of the molecule is C=CC(=O)N1CCN(c2c(C#N)c(=O)n(-c3c(C)ccnc3C(C)C)c3nc(-c4c(F)c(F)c(F)c(F)c4F)c(Cl)cc23)CC1.C=CC(=O)N1CCN(c2c(C#N)c(=O)n(-c3c(C)ccnc3C(C)C)c3nc(-c4c(F)c(N)c(F)c(F)c4F)c(Cl)cc23)CC1.C=CC(=O)N1CCN(c2c(C#N)c(=O)n(-c3c(C)ccnc3C(C)C)c3nc(-c4c(N)c(Cl)c(F)c(F)c4F)c(Cl)cc23)CC1. The van der Waals surface area contributed by atoms with E-state index in [1.807, 2.05) is 59.8 Å². The lowest BCUT2D eigenvalue weighted by Gasteiger charge is -2.36. The molecule has 0 radical (unpaired) electrons. The van der Waals surface area contributed by atoms with Crippen LogP contribution in [-0.2, 0) is 14.4 Å². The molecule has 15 rings (SSSR count). The molecule has 0 unspecified atom stereocenters. The van der Waals surface area contributed by atoms with Gasteiger partial charge in [-0.2, -0.15) is 15.8 Å². The Morgan fingerprint density at radius 3 is 0.904 bits per heavy atom. The Hall–Kier alpha value is -14.4. The Balaban J connectivity index is 0.000000171. The molecule has 696 valence electrons. The van der Waals surface area contributed by atoms with Gasteiger partial charge in [0.1, 0.15) is 62.5 Å². The van der Waals surface area contributed by atoms with Crippen LogP contribution in [0.15, 0.2) is 107 Å². The maximum atomic E-state index is 15.3. The Morgan fingerprint density at radius 1 is 0.378 bits per heavy atom. The smallest absolute Gasteiger partial charge is 0.276 e. The van der Waals surface area contributed by atoms with Crippen LogP contribution in [0, 0.1) is 125 Å². The molecule has 26 nitrogen and oxygen atoms in total. The number of nitrogens with zero attached hydrogens (tertiary/aromatic N) is 18. The van der Waals surface area contributed by atoms with Gasteiger partial charge in [-0.25, -0.2) is 67.6 Å². The molecule has 0 aliphatic carbocycles. The van der Waals surface area contributed by atoms with Gasteiger partial charge in [0, 0.05) is 113 Å². The van der Waals surface area contributed by atoms with Gasteiger partial charge >= 0.3 is 0 Å². The van der Waals surface area contributed by atoms with E-state index >= 15 is 22.0 Å². The first kappa shape index (κ1) is 98.1. The molecule has 4 N–H and O–H groups in total. The topological polar surface area (TPSA) is 337 Å². The first-order valence-corrected chi connectivity index (χ1v) is 42.7. The number of benzene rings is 3. The number of fused-ring (bicyclic) bond motifs is 3. The van der Waals surface area contributed by atoms with E-state index in [1.54, 1.807) is 75.9 Å². The van der Waals surface area contributed by atoms with Crippen LogP contribution < -0.4 is 42.8 Å². The van der Waals surface area contributed by atoms with Gasteiger partial charge in [-0.15, -0.1) is 0 Å². The maximum absolute atomic E-state index is 15.3. The number of carbonyl (C=O) groups is 3. The van der Waals surface area contributed by atoms with Crippen LogP contribution in [0.1, 0.15) is 110 Å². The van der Waals surface area contributed by atoms with Crippen LogP contribution in [0.25, 0.3) is 83.9 Å². The summed E-state index contributed by atoms with van der Waals surface area (Å²) in [6.45, 7) is 29.4. The molecule has 0 saturated carbocycles. The summed E-state index contributed by atoms with van der Waals surface area (Å²) in [5.41, 5.74) is 4.97. The van der Waals surface area contributed by atoms with E-state index in [-0.39, 0.29) is 197 Å². The van der Waals surface area contributed by atoms with E-state index < -0.39 is 147 Å². The van der Waals surface area contributed by atoms with E-state index in [0.29, 0.717) is 39.5 Å². The number of aromatic nitrogens is 9. The van der Waals surface area contributed by atoms with Crippen molar-refractivity contribution in [2.75, 3.05) is 105 Å². The zero-order chi connectivity index (χ0) is 98.7. The number of carbonyl (C=O) groups excluding carboxylic acids is 3. The number of pyridine rings is 9. The van der Waals surface area contributed by atoms with E-state index in [9.17, 15) is 75.3 Å². The third kappa shape index (κ3) is 17.3. The maximum Gasteiger partial charge on any atom is 0.276 e. The lowest BCUT2D eigenvalue weighted by atomic mass is 10.0. The van der Waals surface area contributed by atoms with Crippen molar-refractivity contribution < 1.29 is 67.1 Å². The van der Waals surface area contributed by atoms with E-state index in [0.717, 1.165) is 9.13 Å². The second-order valence-electron chi connectivity index (χ2n) is 32.1. The Labute approximate surface area is 780 Å². The molecular weight excluding hydrogens is 1860 g/mol. The minimum Gasteiger partial charge on any atom is -0.397 e. The Bertz CT molecular complexity index is 6650. The molecule has 135 heavy (non-hydrogen) atoms. The van der Waals surface area contributed by atoms with E-state index in [1.165, 1.54) is 52.1 Å². The van der Waals surface area contributed by atoms with Crippen molar-refractivity contribution in [1.29, 1.82) is 15.8 Å². The zero-order valence-electron chi connectivity index (χ0n) is 73.0. The van der Waals surface area contributed by atoms with E-state index in [4.69, 9.17) is 57.9 Å². The number of amides is 3. The molecule has 0 spiro atoms. The van der Waals surface area contributed by atoms with Crippen molar-refractivity contribution in [3.63, 3.8) is 0 Å². The third-order valence-corrected chi connectivity index (χ3v) is 24.3. The second kappa shape index (κ2) is 39.0. The quantitative estimate of drug-likeness (QED) is 0.0316. The van der Waals surface area contributed by atoms with Crippen LogP contribution in [-0.4, -0.2) is 155 Å². The lowest BCUT2D eigenvalue weighted by Crippen LogP contribution is -2.49. The van der Waals surface area contributed by atoms with Crippen molar-refractivity contribution in [3.05, 3.63) is 264 Å². The number of nitriles is 3. The van der Waals surface area contributed by atoms with Crippen molar-refractivity contribution in [2.24, 2.45) is 0 Å². The van der Waals surface area contributed by atoms with Crippen LogP contribution in [0.4, 0.5) is 81.1 Å². The number of hydrogen-bond donors (Lipinski definition) is 2. The first-order valence-electron chi connectivity index (χ1n) is 41.2. The highest BCUT2D eigenvalue weighted by atomic mass is 35.5. The number of rotatable bonds is 15. The van der Waals surface area contributed by atoms with Crippen LogP contribution >= 0.6 is 46.4 Å². The van der Waals surface area contributed by atoms with Crippen LogP contribution in [0.5, 0.6) is 0 Å². The normalized spacial score (nSPS) is 13.4. The Morgan fingerprint density at radius 2 is 0.630 bits per heavy atom. The highest BCUT2D eigenvalue weighted by molar-refractivity contribution is 6.36. The van der Waals surface area contributed by atoms with Gasteiger partial charge in [0.25, 0.3) is 16.7 Å². The van der Waals surface area contributed by atoms with Gasteiger partial charge in [0.2, 0.25) is 23.5 Å². The molecule has 0 atom stereocenters. The fourth-order valence-corrected chi connectivity index (χ4v) is 17.4. The number of piperazine rings is 3. The summed E-state index contributed by atoms with van der Waals surface area (Å²) in [4.78, 5) is 116. The molecule has 3 aliphatic heterocycles. The van der Waals surface area contributed by atoms with Crippen molar-refractivity contribution in [3.8, 4) is 69.0 Å². The van der Waals surface area contributed by atoms with Crippen molar-refractivity contribution in [2.45, 2.75) is 80.1 Å². The molecule has 3 aliphatic rings. The zero-order valence-corrected chi connectivity index (χ0v) is 76.0. The number of halogens is 16. The van der Waals surface area contributed by atoms with Gasteiger partial charge < -0.3 is 40.9 Å². The minimum absolute atomic E-state index is 0.0735. The average molecular weight is 1940 g/mol. The molecular formula is C93H76Cl4F12N20O6. The molecule has 42 heteroatoms. The van der Waals surface area contributed by atoms with Gasteiger partial charge in [-0.3, -0.25) is 57.4 Å². The summed E-state index contributed by atoms with van der Waals surface area (Å²) in [5, 5.41) is 29.4. The summed E-state index contributed by atoms with van der Waals surface area (Å²) in [6, 6.07) is 14.7. The molecule has 12 aromatic rings. The molecule has 0 bridgehead atoms. The fourth-order valence-electron chi connectivity index (χ4n) is 16.5. The number of anilines is 5. The van der Waals surface area contributed by atoms with Crippen molar-refractivity contribution in [1.82, 2.24) is 58.3 Å². The summed E-state index contributed by atoms with van der Waals surface area (Å²) in [7, 11) is 0. The summed E-state index contributed by atoms with van der Waals surface area (Å²) < 4.78 is 179. The van der Waals surface area contributed by atoms with E-state index in [2.05, 4.69) is 49.6 Å². The third-order valence-electron chi connectivity index (χ3n) is 23.1. The minimum atomic E-state index is -2.36. The molecule has 12 heterocycles. The predicted molar refractivity (Wildman–Crippen MR) is 488 cm³/mol. The van der Waals surface area contributed by atoms with Gasteiger partial charge in [-0.1, -0.05) is 108 Å².